The van der Waals surface area contributed by atoms with Crippen LogP contribution in [0.4, 0.5) is 0 Å². The van der Waals surface area contributed by atoms with Gasteiger partial charge in [-0.3, -0.25) is 0 Å². The molecule has 1 aliphatic rings. The largest absolute Gasteiger partial charge is 0.469 e. The molecule has 0 radical (unpaired) electrons. The van der Waals surface area contributed by atoms with Crippen molar-refractivity contribution in [3.8, 4) is 11.5 Å². The molecule has 1 unspecified atom stereocenters. The average Bonchev–Trinajstić information content (AvgIpc) is 3.14. The van der Waals surface area contributed by atoms with E-state index >= 15 is 0 Å². The van der Waals surface area contributed by atoms with Crippen molar-refractivity contribution in [2.75, 3.05) is 6.79 Å². The Morgan fingerprint density at radius 2 is 2.24 bits per heavy atom. The molecule has 5 heteroatoms. The first-order chi connectivity index (χ1) is 10.2. The second-order valence-corrected chi connectivity index (χ2v) is 5.62. The Bertz CT molecular complexity index is 598. The van der Waals surface area contributed by atoms with Crippen molar-refractivity contribution in [2.45, 2.75) is 32.4 Å². The Kier molecular flexibility index (Phi) is 4.36. The molecule has 0 bridgehead atoms. The highest BCUT2D eigenvalue weighted by Gasteiger charge is 2.18. The molecule has 0 spiro atoms. The molecule has 21 heavy (non-hydrogen) atoms. The van der Waals surface area contributed by atoms with E-state index in [4.69, 9.17) is 25.5 Å². The van der Waals surface area contributed by atoms with Crippen LogP contribution >= 0.6 is 11.6 Å². The lowest BCUT2D eigenvalue weighted by Gasteiger charge is -2.13. The smallest absolute Gasteiger partial charge is 0.231 e. The molecule has 0 amide bonds. The van der Waals surface area contributed by atoms with Crippen molar-refractivity contribution in [1.82, 2.24) is 5.32 Å². The van der Waals surface area contributed by atoms with Gasteiger partial charge in [0.25, 0.3) is 0 Å². The zero-order chi connectivity index (χ0) is 14.7. The maximum absolute atomic E-state index is 6.17. The molecule has 0 saturated heterocycles. The number of hydrogen-bond acceptors (Lipinski definition) is 4. The predicted octanol–water partition coefficient (Wildman–Crippen LogP) is 3.77. The van der Waals surface area contributed by atoms with Crippen LogP contribution in [-0.4, -0.2) is 12.8 Å². The van der Waals surface area contributed by atoms with E-state index in [1.807, 2.05) is 24.3 Å². The summed E-state index contributed by atoms with van der Waals surface area (Å²) in [4.78, 5) is 0. The maximum atomic E-state index is 6.17. The molecule has 112 valence electrons. The molecule has 2 heterocycles. The monoisotopic (exact) mass is 307 g/mol. The Labute approximate surface area is 129 Å². The van der Waals surface area contributed by atoms with Crippen LogP contribution in [0.2, 0.25) is 5.02 Å². The van der Waals surface area contributed by atoms with E-state index in [0.29, 0.717) is 16.8 Å². The van der Waals surface area contributed by atoms with Crippen molar-refractivity contribution >= 4 is 11.6 Å². The summed E-state index contributed by atoms with van der Waals surface area (Å²) >= 11 is 6.17. The summed E-state index contributed by atoms with van der Waals surface area (Å²) in [6.45, 7) is 3.15. The lowest BCUT2D eigenvalue weighted by atomic mass is 10.1. The van der Waals surface area contributed by atoms with Gasteiger partial charge in [0.1, 0.15) is 5.76 Å². The summed E-state index contributed by atoms with van der Waals surface area (Å²) in [6, 6.07) is 8.20. The highest BCUT2D eigenvalue weighted by molar-refractivity contribution is 6.32. The second-order valence-electron chi connectivity index (χ2n) is 5.21. The quantitative estimate of drug-likeness (QED) is 0.882. The van der Waals surface area contributed by atoms with Gasteiger partial charge in [-0.05, 0) is 43.2 Å². The summed E-state index contributed by atoms with van der Waals surface area (Å²) in [6.07, 6.45) is 3.66. The van der Waals surface area contributed by atoms with E-state index in [1.54, 1.807) is 6.26 Å². The van der Waals surface area contributed by atoms with Gasteiger partial charge >= 0.3 is 0 Å². The van der Waals surface area contributed by atoms with Gasteiger partial charge in [-0.15, -0.1) is 0 Å². The summed E-state index contributed by atoms with van der Waals surface area (Å²) in [5, 5.41) is 4.08. The highest BCUT2D eigenvalue weighted by atomic mass is 35.5. The minimum atomic E-state index is 0.242. The highest BCUT2D eigenvalue weighted by Crippen LogP contribution is 2.39. The van der Waals surface area contributed by atoms with Gasteiger partial charge in [0.15, 0.2) is 11.5 Å². The van der Waals surface area contributed by atoms with E-state index < -0.39 is 0 Å². The molecule has 1 N–H and O–H groups in total. The Balaban J connectivity index is 1.51. The molecule has 0 aliphatic carbocycles. The SMILES string of the molecule is CC(CCc1ccco1)NCc1cc(Cl)c2c(c1)OCO2. The third-order valence-electron chi connectivity index (χ3n) is 3.55. The number of aryl methyl sites for hydroxylation is 1. The second kappa shape index (κ2) is 6.41. The molecule has 1 atom stereocenters. The van der Waals surface area contributed by atoms with Gasteiger partial charge in [0.2, 0.25) is 6.79 Å². The van der Waals surface area contributed by atoms with E-state index in [9.17, 15) is 0 Å². The van der Waals surface area contributed by atoms with E-state index in [0.717, 1.165) is 36.5 Å². The van der Waals surface area contributed by atoms with Crippen molar-refractivity contribution < 1.29 is 13.9 Å². The number of furan rings is 1. The fourth-order valence-corrected chi connectivity index (χ4v) is 2.62. The van der Waals surface area contributed by atoms with Crippen LogP contribution in [0.1, 0.15) is 24.7 Å². The molecule has 3 rings (SSSR count). The van der Waals surface area contributed by atoms with Crippen molar-refractivity contribution in [3.63, 3.8) is 0 Å². The standard InChI is InChI=1S/C16H18ClNO3/c1-11(4-5-13-3-2-6-19-13)18-9-12-7-14(17)16-15(8-12)20-10-21-16/h2-3,6-8,11,18H,4-5,9-10H2,1H3. The number of ether oxygens (including phenoxy) is 2. The molecule has 2 aromatic rings. The number of halogens is 1. The number of fused-ring (bicyclic) bond motifs is 1. The first-order valence-corrected chi connectivity index (χ1v) is 7.44. The van der Waals surface area contributed by atoms with Crippen LogP contribution < -0.4 is 14.8 Å². The number of hydrogen-bond donors (Lipinski definition) is 1. The molecule has 1 aromatic heterocycles. The molecule has 1 aliphatic heterocycles. The normalized spacial score (nSPS) is 14.4. The zero-order valence-corrected chi connectivity index (χ0v) is 12.7. The van der Waals surface area contributed by atoms with Gasteiger partial charge in [-0.2, -0.15) is 0 Å². The molecule has 0 saturated carbocycles. The van der Waals surface area contributed by atoms with Crippen LogP contribution in [-0.2, 0) is 13.0 Å². The summed E-state index contributed by atoms with van der Waals surface area (Å²) < 4.78 is 16.0. The molecular weight excluding hydrogens is 290 g/mol. The van der Waals surface area contributed by atoms with Crippen LogP contribution in [0.3, 0.4) is 0 Å². The summed E-state index contributed by atoms with van der Waals surface area (Å²) in [5.41, 5.74) is 1.09. The molecule has 4 nitrogen and oxygen atoms in total. The lowest BCUT2D eigenvalue weighted by Crippen LogP contribution is -2.25. The average molecular weight is 308 g/mol. The van der Waals surface area contributed by atoms with E-state index in [1.165, 1.54) is 0 Å². The summed E-state index contributed by atoms with van der Waals surface area (Å²) in [7, 11) is 0. The molecule has 1 aromatic carbocycles. The number of nitrogens with one attached hydrogen (secondary N) is 1. The van der Waals surface area contributed by atoms with Crippen LogP contribution in [0.5, 0.6) is 11.5 Å². The predicted molar refractivity (Wildman–Crippen MR) is 80.9 cm³/mol. The number of rotatable bonds is 6. The number of benzene rings is 1. The molecular formula is C16H18ClNO3. The third kappa shape index (κ3) is 3.52. The fourth-order valence-electron chi connectivity index (χ4n) is 2.33. The minimum Gasteiger partial charge on any atom is -0.469 e. The van der Waals surface area contributed by atoms with Crippen LogP contribution in [0.25, 0.3) is 0 Å². The van der Waals surface area contributed by atoms with Crippen LogP contribution in [0, 0.1) is 0 Å². The van der Waals surface area contributed by atoms with E-state index in [-0.39, 0.29) is 6.79 Å². The first kappa shape index (κ1) is 14.3. The third-order valence-corrected chi connectivity index (χ3v) is 3.83. The van der Waals surface area contributed by atoms with Gasteiger partial charge in [0, 0.05) is 19.0 Å². The topological polar surface area (TPSA) is 43.6 Å². The Morgan fingerprint density at radius 1 is 1.33 bits per heavy atom. The van der Waals surface area contributed by atoms with Gasteiger partial charge in [0.05, 0.1) is 11.3 Å². The van der Waals surface area contributed by atoms with Gasteiger partial charge in [-0.25, -0.2) is 0 Å². The van der Waals surface area contributed by atoms with Gasteiger partial charge < -0.3 is 19.2 Å². The van der Waals surface area contributed by atoms with Gasteiger partial charge in [-0.1, -0.05) is 11.6 Å². The Morgan fingerprint density at radius 3 is 3.05 bits per heavy atom. The minimum absolute atomic E-state index is 0.242. The maximum Gasteiger partial charge on any atom is 0.231 e. The Hall–Kier alpha value is -1.65. The van der Waals surface area contributed by atoms with Crippen molar-refractivity contribution in [1.29, 1.82) is 0 Å². The fraction of sp³-hybridized carbons (Fsp3) is 0.375. The van der Waals surface area contributed by atoms with E-state index in [2.05, 4.69) is 12.2 Å². The zero-order valence-electron chi connectivity index (χ0n) is 11.9. The van der Waals surface area contributed by atoms with Crippen LogP contribution in [0.15, 0.2) is 34.9 Å². The van der Waals surface area contributed by atoms with Crippen molar-refractivity contribution in [2.24, 2.45) is 0 Å². The molecule has 0 fully saturated rings. The van der Waals surface area contributed by atoms with Crippen molar-refractivity contribution in [3.05, 3.63) is 46.9 Å². The lowest BCUT2D eigenvalue weighted by molar-refractivity contribution is 0.174. The summed E-state index contributed by atoms with van der Waals surface area (Å²) in [5.74, 6) is 2.39. The first-order valence-electron chi connectivity index (χ1n) is 7.06.